The Bertz CT molecular complexity index is 514. The first kappa shape index (κ1) is 15.0. The number of amides is 1. The van der Waals surface area contributed by atoms with Gasteiger partial charge in [-0.15, -0.1) is 0 Å². The van der Waals surface area contributed by atoms with Gasteiger partial charge in [-0.25, -0.2) is 8.42 Å². The first-order chi connectivity index (χ1) is 8.43. The fraction of sp³-hybridized carbons (Fsp3) is 0.417. The largest absolute Gasteiger partial charge is 0.356 e. The monoisotopic (exact) mass is 289 g/mol. The summed E-state index contributed by atoms with van der Waals surface area (Å²) in [6, 6.07) is 6.71. The SMILES string of the molecule is CCNC(=O)CCS(=O)(=O)Cc1cccc(Cl)c1. The number of nitrogens with one attached hydrogen (secondary N) is 1. The van der Waals surface area contributed by atoms with Gasteiger partial charge in [-0.1, -0.05) is 23.7 Å². The van der Waals surface area contributed by atoms with Crippen molar-refractivity contribution in [3.05, 3.63) is 34.9 Å². The molecule has 0 atom stereocenters. The third kappa shape index (κ3) is 5.51. The van der Waals surface area contributed by atoms with Crippen LogP contribution >= 0.6 is 11.6 Å². The number of hydrogen-bond acceptors (Lipinski definition) is 3. The zero-order valence-corrected chi connectivity index (χ0v) is 11.7. The van der Waals surface area contributed by atoms with Crippen molar-refractivity contribution in [1.82, 2.24) is 5.32 Å². The van der Waals surface area contributed by atoms with Crippen molar-refractivity contribution >= 4 is 27.3 Å². The van der Waals surface area contributed by atoms with E-state index in [1.807, 2.05) is 0 Å². The van der Waals surface area contributed by atoms with E-state index in [4.69, 9.17) is 11.6 Å². The Morgan fingerprint density at radius 3 is 2.72 bits per heavy atom. The molecule has 0 saturated carbocycles. The van der Waals surface area contributed by atoms with Crippen LogP contribution in [0, 0.1) is 0 Å². The van der Waals surface area contributed by atoms with Crippen LogP contribution in [0.25, 0.3) is 0 Å². The molecule has 4 nitrogen and oxygen atoms in total. The van der Waals surface area contributed by atoms with Crippen LogP contribution in [0.2, 0.25) is 5.02 Å². The molecule has 0 heterocycles. The molecule has 0 aliphatic heterocycles. The number of benzene rings is 1. The lowest BCUT2D eigenvalue weighted by atomic mass is 10.2. The van der Waals surface area contributed by atoms with Crippen LogP contribution in [0.1, 0.15) is 18.9 Å². The number of rotatable bonds is 6. The van der Waals surface area contributed by atoms with E-state index in [0.29, 0.717) is 17.1 Å². The van der Waals surface area contributed by atoms with Gasteiger partial charge >= 0.3 is 0 Å². The summed E-state index contributed by atoms with van der Waals surface area (Å²) < 4.78 is 23.6. The van der Waals surface area contributed by atoms with Gasteiger partial charge in [0, 0.05) is 18.0 Å². The Morgan fingerprint density at radius 2 is 2.11 bits per heavy atom. The topological polar surface area (TPSA) is 63.2 Å². The zero-order valence-electron chi connectivity index (χ0n) is 10.1. The highest BCUT2D eigenvalue weighted by Crippen LogP contribution is 2.13. The van der Waals surface area contributed by atoms with Crippen LogP contribution in [0.3, 0.4) is 0 Å². The van der Waals surface area contributed by atoms with E-state index in [1.165, 1.54) is 0 Å². The van der Waals surface area contributed by atoms with Crippen LogP contribution in [0.5, 0.6) is 0 Å². The molecule has 1 N–H and O–H groups in total. The molecule has 1 aromatic rings. The van der Waals surface area contributed by atoms with Crippen LogP contribution < -0.4 is 5.32 Å². The van der Waals surface area contributed by atoms with Gasteiger partial charge in [-0.3, -0.25) is 4.79 Å². The summed E-state index contributed by atoms with van der Waals surface area (Å²) in [7, 11) is -3.28. The van der Waals surface area contributed by atoms with Crippen LogP contribution in [-0.4, -0.2) is 26.6 Å². The minimum absolute atomic E-state index is 0.00324. The summed E-state index contributed by atoms with van der Waals surface area (Å²) >= 11 is 5.78. The second kappa shape index (κ2) is 6.75. The number of carbonyl (C=O) groups excluding carboxylic acids is 1. The highest BCUT2D eigenvalue weighted by atomic mass is 35.5. The molecule has 18 heavy (non-hydrogen) atoms. The van der Waals surface area contributed by atoms with Crippen molar-refractivity contribution in [2.45, 2.75) is 19.1 Å². The van der Waals surface area contributed by atoms with E-state index in [-0.39, 0.29) is 23.8 Å². The van der Waals surface area contributed by atoms with E-state index in [9.17, 15) is 13.2 Å². The van der Waals surface area contributed by atoms with Crippen molar-refractivity contribution in [3.63, 3.8) is 0 Å². The van der Waals surface area contributed by atoms with Gasteiger partial charge in [-0.05, 0) is 24.6 Å². The predicted molar refractivity (Wildman–Crippen MR) is 72.2 cm³/mol. The number of carbonyl (C=O) groups is 1. The van der Waals surface area contributed by atoms with Gasteiger partial charge < -0.3 is 5.32 Å². The van der Waals surface area contributed by atoms with Crippen LogP contribution in [-0.2, 0) is 20.4 Å². The molecule has 100 valence electrons. The van der Waals surface area contributed by atoms with Gasteiger partial charge in [0.25, 0.3) is 0 Å². The fourth-order valence-corrected chi connectivity index (χ4v) is 3.03. The first-order valence-corrected chi connectivity index (χ1v) is 7.84. The summed E-state index contributed by atoms with van der Waals surface area (Å²) in [4.78, 5) is 11.2. The lowest BCUT2D eigenvalue weighted by molar-refractivity contribution is -0.120. The van der Waals surface area contributed by atoms with Gasteiger partial charge in [0.15, 0.2) is 9.84 Å². The Labute approximate surface area is 112 Å². The Kier molecular flexibility index (Phi) is 5.62. The second-order valence-electron chi connectivity index (χ2n) is 3.93. The van der Waals surface area contributed by atoms with Crippen LogP contribution in [0.15, 0.2) is 24.3 Å². The zero-order chi connectivity index (χ0) is 13.6. The molecule has 0 aromatic heterocycles. The molecule has 0 spiro atoms. The first-order valence-electron chi connectivity index (χ1n) is 5.64. The third-order valence-corrected chi connectivity index (χ3v) is 4.12. The van der Waals surface area contributed by atoms with E-state index in [1.54, 1.807) is 31.2 Å². The maximum absolute atomic E-state index is 11.8. The van der Waals surface area contributed by atoms with E-state index < -0.39 is 9.84 Å². The molecular weight excluding hydrogens is 274 g/mol. The summed E-state index contributed by atoms with van der Waals surface area (Å²) in [5.74, 6) is -0.481. The number of halogens is 1. The highest BCUT2D eigenvalue weighted by Gasteiger charge is 2.14. The molecular formula is C12H16ClNO3S. The van der Waals surface area contributed by atoms with Crippen molar-refractivity contribution in [1.29, 1.82) is 0 Å². The quantitative estimate of drug-likeness (QED) is 0.868. The second-order valence-corrected chi connectivity index (χ2v) is 6.55. The molecule has 0 saturated heterocycles. The van der Waals surface area contributed by atoms with E-state index in [0.717, 1.165) is 0 Å². The normalized spacial score (nSPS) is 11.2. The molecule has 0 fully saturated rings. The molecule has 6 heteroatoms. The van der Waals surface area contributed by atoms with Crippen molar-refractivity contribution in [3.8, 4) is 0 Å². The minimum Gasteiger partial charge on any atom is -0.356 e. The van der Waals surface area contributed by atoms with E-state index in [2.05, 4.69) is 5.32 Å². The molecule has 0 bridgehead atoms. The molecule has 0 aliphatic carbocycles. The lowest BCUT2D eigenvalue weighted by Gasteiger charge is -2.05. The summed E-state index contributed by atoms with van der Waals surface area (Å²) in [5.41, 5.74) is 0.637. The maximum Gasteiger partial charge on any atom is 0.221 e. The standard InChI is InChI=1S/C12H16ClNO3S/c1-2-14-12(15)6-7-18(16,17)9-10-4-3-5-11(13)8-10/h3-5,8H,2,6-7,9H2,1H3,(H,14,15). The lowest BCUT2D eigenvalue weighted by Crippen LogP contribution is -2.25. The summed E-state index contributed by atoms with van der Waals surface area (Å²) in [6.07, 6.45) is -0.00324. The average Bonchev–Trinajstić information content (AvgIpc) is 2.26. The van der Waals surface area contributed by atoms with Crippen molar-refractivity contribution in [2.24, 2.45) is 0 Å². The minimum atomic E-state index is -3.28. The van der Waals surface area contributed by atoms with Crippen LogP contribution in [0.4, 0.5) is 0 Å². The molecule has 0 radical (unpaired) electrons. The smallest absolute Gasteiger partial charge is 0.221 e. The van der Waals surface area contributed by atoms with Crippen molar-refractivity contribution in [2.75, 3.05) is 12.3 Å². The Morgan fingerprint density at radius 1 is 1.39 bits per heavy atom. The Balaban J connectivity index is 2.57. The number of sulfone groups is 1. The molecule has 1 amide bonds. The van der Waals surface area contributed by atoms with E-state index >= 15 is 0 Å². The van der Waals surface area contributed by atoms with Gasteiger partial charge in [0.05, 0.1) is 11.5 Å². The van der Waals surface area contributed by atoms with Crippen molar-refractivity contribution < 1.29 is 13.2 Å². The summed E-state index contributed by atoms with van der Waals surface area (Å²) in [5, 5.41) is 3.07. The third-order valence-electron chi connectivity index (χ3n) is 2.29. The van der Waals surface area contributed by atoms with Gasteiger partial charge in [-0.2, -0.15) is 0 Å². The molecule has 0 unspecified atom stereocenters. The molecule has 0 aliphatic rings. The van der Waals surface area contributed by atoms with Gasteiger partial charge in [0.1, 0.15) is 0 Å². The Hall–Kier alpha value is -1.07. The molecule has 1 aromatic carbocycles. The maximum atomic E-state index is 11.8. The average molecular weight is 290 g/mol. The summed E-state index contributed by atoms with van der Waals surface area (Å²) in [6.45, 7) is 2.30. The van der Waals surface area contributed by atoms with Gasteiger partial charge in [0.2, 0.25) is 5.91 Å². The fourth-order valence-electron chi connectivity index (χ4n) is 1.49. The predicted octanol–water partition coefficient (Wildman–Crippen LogP) is 1.78. The highest BCUT2D eigenvalue weighted by molar-refractivity contribution is 7.90. The molecule has 1 rings (SSSR count). The number of hydrogen-bond donors (Lipinski definition) is 1.